The highest BCUT2D eigenvalue weighted by Gasteiger charge is 2.08. The smallest absolute Gasteiger partial charge is 0.220 e. The van der Waals surface area contributed by atoms with Gasteiger partial charge < -0.3 is 10.5 Å². The minimum absolute atomic E-state index is 0.244. The van der Waals surface area contributed by atoms with Crippen LogP contribution in [0.15, 0.2) is 41.3 Å². The van der Waals surface area contributed by atoms with Crippen LogP contribution in [0.4, 0.5) is 5.13 Å². The van der Waals surface area contributed by atoms with Crippen molar-refractivity contribution in [3.05, 3.63) is 36.4 Å². The lowest BCUT2D eigenvalue weighted by atomic mass is 10.3. The molecule has 0 unspecified atom stereocenters. The average molecular weight is 321 g/mol. The maximum absolute atomic E-state index is 11.4. The maximum Gasteiger partial charge on any atom is 0.220 e. The van der Waals surface area contributed by atoms with E-state index < -0.39 is 9.84 Å². The quantitative estimate of drug-likeness (QED) is 0.796. The van der Waals surface area contributed by atoms with Gasteiger partial charge in [0.1, 0.15) is 16.1 Å². The van der Waals surface area contributed by atoms with Crippen LogP contribution < -0.4 is 10.5 Å². The van der Waals surface area contributed by atoms with Gasteiger partial charge in [-0.25, -0.2) is 18.4 Å². The molecule has 108 valence electrons. The average Bonchev–Trinajstić information content (AvgIpc) is 2.78. The van der Waals surface area contributed by atoms with Crippen LogP contribution in [0.2, 0.25) is 0 Å². The van der Waals surface area contributed by atoms with E-state index in [-0.39, 0.29) is 4.90 Å². The molecule has 0 bridgehead atoms. The molecule has 21 heavy (non-hydrogen) atoms. The molecule has 8 heteroatoms. The maximum atomic E-state index is 11.4. The molecular weight excluding hydrogens is 310 g/mol. The van der Waals surface area contributed by atoms with Gasteiger partial charge in [-0.15, -0.1) is 0 Å². The summed E-state index contributed by atoms with van der Waals surface area (Å²) in [5.41, 5.74) is 6.34. The minimum atomic E-state index is -3.21. The second kappa shape index (κ2) is 4.97. The van der Waals surface area contributed by atoms with Crippen LogP contribution in [0, 0.1) is 0 Å². The number of benzene rings is 1. The summed E-state index contributed by atoms with van der Waals surface area (Å²) in [6.45, 7) is 0. The van der Waals surface area contributed by atoms with Crippen LogP contribution in [0.25, 0.3) is 10.3 Å². The molecule has 0 atom stereocenters. The van der Waals surface area contributed by atoms with Gasteiger partial charge in [0.15, 0.2) is 15.0 Å². The topological polar surface area (TPSA) is 95.2 Å². The fourth-order valence-electron chi connectivity index (χ4n) is 1.75. The van der Waals surface area contributed by atoms with Crippen molar-refractivity contribution < 1.29 is 13.2 Å². The van der Waals surface area contributed by atoms with Crippen LogP contribution in [-0.2, 0) is 9.84 Å². The number of thiazole rings is 1. The first-order chi connectivity index (χ1) is 9.91. The molecule has 3 rings (SSSR count). The first kappa shape index (κ1) is 13.8. The largest absolute Gasteiger partial charge is 0.439 e. The standard InChI is InChI=1S/C13H11N3O3S2/c1-21(17,18)9-4-2-8(3-5-9)19-11-7-6-10-12(16-11)20-13(14)15-10/h2-7H,1H3,(H2,14,15). The van der Waals surface area contributed by atoms with Gasteiger partial charge in [-0.05, 0) is 30.3 Å². The number of ether oxygens (including phenoxy) is 1. The molecule has 0 fully saturated rings. The van der Waals surface area contributed by atoms with E-state index in [1.165, 1.54) is 23.5 Å². The summed E-state index contributed by atoms with van der Waals surface area (Å²) in [6.07, 6.45) is 1.16. The van der Waals surface area contributed by atoms with E-state index in [0.717, 1.165) is 11.8 Å². The number of nitrogens with zero attached hydrogens (tertiary/aromatic N) is 2. The molecule has 0 saturated carbocycles. The molecule has 3 aromatic rings. The minimum Gasteiger partial charge on any atom is -0.439 e. The zero-order valence-electron chi connectivity index (χ0n) is 11.0. The van der Waals surface area contributed by atoms with Crippen molar-refractivity contribution in [2.75, 3.05) is 12.0 Å². The fourth-order valence-corrected chi connectivity index (χ4v) is 3.08. The number of sulfone groups is 1. The van der Waals surface area contributed by atoms with Gasteiger partial charge in [-0.2, -0.15) is 0 Å². The van der Waals surface area contributed by atoms with E-state index in [4.69, 9.17) is 10.5 Å². The third-order valence-electron chi connectivity index (χ3n) is 2.72. The third-order valence-corrected chi connectivity index (χ3v) is 4.64. The number of nitrogens with two attached hydrogens (primary N) is 1. The Bertz CT molecular complexity index is 902. The molecule has 2 heterocycles. The molecule has 0 aliphatic heterocycles. The predicted octanol–water partition coefficient (Wildman–Crippen LogP) is 2.47. The van der Waals surface area contributed by atoms with Crippen LogP contribution in [0.3, 0.4) is 0 Å². The lowest BCUT2D eigenvalue weighted by molar-refractivity contribution is 0.465. The highest BCUT2D eigenvalue weighted by atomic mass is 32.2. The molecule has 0 saturated heterocycles. The molecule has 0 radical (unpaired) electrons. The van der Waals surface area contributed by atoms with Gasteiger partial charge in [0, 0.05) is 12.3 Å². The molecule has 0 amide bonds. The number of hydrogen-bond donors (Lipinski definition) is 1. The van der Waals surface area contributed by atoms with Crippen LogP contribution in [-0.4, -0.2) is 24.6 Å². The molecule has 0 spiro atoms. The van der Waals surface area contributed by atoms with Crippen molar-refractivity contribution in [3.63, 3.8) is 0 Å². The Hall–Kier alpha value is -2.19. The summed E-state index contributed by atoms with van der Waals surface area (Å²) < 4.78 is 28.4. The first-order valence-corrected chi connectivity index (χ1v) is 8.64. The fraction of sp³-hybridized carbons (Fsp3) is 0.0769. The van der Waals surface area contributed by atoms with Gasteiger partial charge >= 0.3 is 0 Å². The van der Waals surface area contributed by atoms with Gasteiger partial charge in [0.25, 0.3) is 0 Å². The summed E-state index contributed by atoms with van der Waals surface area (Å²) >= 11 is 1.28. The van der Waals surface area contributed by atoms with Crippen LogP contribution in [0.1, 0.15) is 0 Å². The SMILES string of the molecule is CS(=O)(=O)c1ccc(Oc2ccc3nc(N)sc3n2)cc1. The first-order valence-electron chi connectivity index (χ1n) is 5.93. The Labute approximate surface area is 125 Å². The Balaban J connectivity index is 1.87. The highest BCUT2D eigenvalue weighted by Crippen LogP contribution is 2.27. The Morgan fingerprint density at radius 3 is 2.48 bits per heavy atom. The molecule has 2 aromatic heterocycles. The Morgan fingerprint density at radius 1 is 1.10 bits per heavy atom. The van der Waals surface area contributed by atoms with Crippen molar-refractivity contribution in [2.45, 2.75) is 4.90 Å². The summed E-state index contributed by atoms with van der Waals surface area (Å²) in [7, 11) is -3.21. The van der Waals surface area contributed by atoms with Gasteiger partial charge in [0.2, 0.25) is 5.88 Å². The number of nitrogen functional groups attached to an aromatic ring is 1. The second-order valence-corrected chi connectivity index (χ2v) is 7.40. The number of rotatable bonds is 3. The molecule has 0 aliphatic carbocycles. The number of aromatic nitrogens is 2. The van der Waals surface area contributed by atoms with Crippen LogP contribution >= 0.6 is 11.3 Å². The monoisotopic (exact) mass is 321 g/mol. The van der Waals surface area contributed by atoms with E-state index in [0.29, 0.717) is 21.6 Å². The second-order valence-electron chi connectivity index (χ2n) is 4.37. The summed E-state index contributed by atoms with van der Waals surface area (Å²) in [4.78, 5) is 9.35. The predicted molar refractivity (Wildman–Crippen MR) is 81.5 cm³/mol. The number of anilines is 1. The van der Waals surface area contributed by atoms with Gasteiger partial charge in [0.05, 0.1) is 4.90 Å². The van der Waals surface area contributed by atoms with E-state index in [1.807, 2.05) is 0 Å². The lowest BCUT2D eigenvalue weighted by Crippen LogP contribution is -1.96. The summed E-state index contributed by atoms with van der Waals surface area (Å²) in [6, 6.07) is 9.62. The van der Waals surface area contributed by atoms with E-state index in [1.54, 1.807) is 24.3 Å². The van der Waals surface area contributed by atoms with E-state index in [2.05, 4.69) is 9.97 Å². The zero-order valence-corrected chi connectivity index (χ0v) is 12.6. The number of fused-ring (bicyclic) bond motifs is 1. The van der Waals surface area contributed by atoms with Gasteiger partial charge in [-0.1, -0.05) is 11.3 Å². The third kappa shape index (κ3) is 2.96. The van der Waals surface area contributed by atoms with Crippen molar-refractivity contribution in [1.82, 2.24) is 9.97 Å². The number of hydrogen-bond acceptors (Lipinski definition) is 7. The van der Waals surface area contributed by atoms with Crippen molar-refractivity contribution >= 4 is 36.7 Å². The number of pyridine rings is 1. The van der Waals surface area contributed by atoms with Gasteiger partial charge in [-0.3, -0.25) is 0 Å². The Kier molecular flexibility index (Phi) is 3.26. The van der Waals surface area contributed by atoms with Crippen molar-refractivity contribution in [1.29, 1.82) is 0 Å². The van der Waals surface area contributed by atoms with Crippen molar-refractivity contribution in [3.8, 4) is 11.6 Å². The molecule has 6 nitrogen and oxygen atoms in total. The molecular formula is C13H11N3O3S2. The zero-order chi connectivity index (χ0) is 15.0. The Morgan fingerprint density at radius 2 is 1.81 bits per heavy atom. The lowest BCUT2D eigenvalue weighted by Gasteiger charge is -2.05. The van der Waals surface area contributed by atoms with Crippen LogP contribution in [0.5, 0.6) is 11.6 Å². The molecule has 2 N–H and O–H groups in total. The van der Waals surface area contributed by atoms with Crippen molar-refractivity contribution in [2.24, 2.45) is 0 Å². The molecule has 1 aromatic carbocycles. The summed E-state index contributed by atoms with van der Waals surface area (Å²) in [5.74, 6) is 0.907. The summed E-state index contributed by atoms with van der Waals surface area (Å²) in [5, 5.41) is 0.451. The van der Waals surface area contributed by atoms with E-state index >= 15 is 0 Å². The molecule has 0 aliphatic rings. The van der Waals surface area contributed by atoms with E-state index in [9.17, 15) is 8.42 Å². The normalized spacial score (nSPS) is 11.7. The highest BCUT2D eigenvalue weighted by molar-refractivity contribution is 7.90.